The molecule has 5 heteroatoms. The minimum absolute atomic E-state index is 0.411. The van der Waals surface area contributed by atoms with Crippen LogP contribution in [-0.2, 0) is 13.0 Å². The van der Waals surface area contributed by atoms with Gasteiger partial charge in [0.25, 0.3) is 0 Å². The summed E-state index contributed by atoms with van der Waals surface area (Å²) in [6.45, 7) is 1.18. The first-order valence-corrected chi connectivity index (χ1v) is 7.68. The molecule has 23 heavy (non-hydrogen) atoms. The minimum Gasteiger partial charge on any atom is -0.391 e. The number of rotatable bonds is 7. The third-order valence-corrected chi connectivity index (χ3v) is 3.68. The second-order valence-corrected chi connectivity index (χ2v) is 5.49. The summed E-state index contributed by atoms with van der Waals surface area (Å²) in [5.41, 5.74) is 4.17. The fourth-order valence-electron chi connectivity index (χ4n) is 2.54. The summed E-state index contributed by atoms with van der Waals surface area (Å²) in [7, 11) is 0. The van der Waals surface area contributed by atoms with E-state index in [9.17, 15) is 5.11 Å². The minimum atomic E-state index is -0.411. The summed E-state index contributed by atoms with van der Waals surface area (Å²) >= 11 is 0. The smallest absolute Gasteiger partial charge is 0.0710 e. The van der Waals surface area contributed by atoms with Gasteiger partial charge in [-0.3, -0.25) is 10.1 Å². The van der Waals surface area contributed by atoms with Crippen LogP contribution in [0.5, 0.6) is 0 Å². The molecule has 0 fully saturated rings. The van der Waals surface area contributed by atoms with Crippen LogP contribution in [0.4, 0.5) is 0 Å². The molecular weight excluding hydrogens is 288 g/mol. The number of aromatic nitrogens is 3. The zero-order valence-corrected chi connectivity index (χ0v) is 12.8. The van der Waals surface area contributed by atoms with E-state index in [1.165, 1.54) is 0 Å². The van der Waals surface area contributed by atoms with E-state index < -0.39 is 6.10 Å². The zero-order valence-electron chi connectivity index (χ0n) is 12.8. The molecule has 0 amide bonds. The van der Waals surface area contributed by atoms with Crippen LogP contribution in [0, 0.1) is 0 Å². The van der Waals surface area contributed by atoms with Crippen LogP contribution < -0.4 is 5.32 Å². The molecule has 2 heterocycles. The number of pyridine rings is 1. The van der Waals surface area contributed by atoms with Crippen LogP contribution in [0.25, 0.3) is 11.3 Å². The molecule has 3 rings (SSSR count). The molecule has 1 unspecified atom stereocenters. The van der Waals surface area contributed by atoms with Crippen molar-refractivity contribution < 1.29 is 5.11 Å². The third-order valence-electron chi connectivity index (χ3n) is 3.68. The molecule has 3 N–H and O–H groups in total. The maximum Gasteiger partial charge on any atom is 0.0710 e. The van der Waals surface area contributed by atoms with Crippen molar-refractivity contribution in [1.29, 1.82) is 0 Å². The molecular formula is C18H20N4O. The molecule has 3 aromatic rings. The van der Waals surface area contributed by atoms with Gasteiger partial charge in [-0.05, 0) is 24.1 Å². The average Bonchev–Trinajstić information content (AvgIpc) is 3.05. The van der Waals surface area contributed by atoms with Gasteiger partial charge in [0.15, 0.2) is 0 Å². The van der Waals surface area contributed by atoms with Crippen molar-refractivity contribution in [2.75, 3.05) is 6.54 Å². The quantitative estimate of drug-likeness (QED) is 0.625. The van der Waals surface area contributed by atoms with Crippen LogP contribution in [0.15, 0.2) is 61.1 Å². The number of hydrogen-bond donors (Lipinski definition) is 3. The lowest BCUT2D eigenvalue weighted by Crippen LogP contribution is -2.28. The van der Waals surface area contributed by atoms with E-state index in [2.05, 4.69) is 20.5 Å². The van der Waals surface area contributed by atoms with Gasteiger partial charge in [-0.2, -0.15) is 5.10 Å². The highest BCUT2D eigenvalue weighted by Crippen LogP contribution is 2.19. The van der Waals surface area contributed by atoms with E-state index in [1.807, 2.05) is 42.5 Å². The van der Waals surface area contributed by atoms with Crippen molar-refractivity contribution in [3.8, 4) is 11.3 Å². The first-order valence-electron chi connectivity index (χ1n) is 7.68. The van der Waals surface area contributed by atoms with Crippen LogP contribution in [0.1, 0.15) is 11.1 Å². The van der Waals surface area contributed by atoms with Crippen LogP contribution in [0.2, 0.25) is 0 Å². The summed E-state index contributed by atoms with van der Waals surface area (Å²) < 4.78 is 0. The number of aliphatic hydroxyl groups is 1. The van der Waals surface area contributed by atoms with Crippen molar-refractivity contribution in [2.45, 2.75) is 19.1 Å². The fraction of sp³-hybridized carbons (Fsp3) is 0.222. The van der Waals surface area contributed by atoms with E-state index in [4.69, 9.17) is 0 Å². The topological polar surface area (TPSA) is 73.8 Å². The van der Waals surface area contributed by atoms with E-state index in [0.29, 0.717) is 19.5 Å². The van der Waals surface area contributed by atoms with Gasteiger partial charge >= 0.3 is 0 Å². The van der Waals surface area contributed by atoms with Gasteiger partial charge in [-0.25, -0.2) is 0 Å². The second-order valence-electron chi connectivity index (χ2n) is 5.49. The van der Waals surface area contributed by atoms with Crippen LogP contribution in [-0.4, -0.2) is 32.9 Å². The van der Waals surface area contributed by atoms with Gasteiger partial charge in [0.2, 0.25) is 0 Å². The Labute approximate surface area is 135 Å². The number of H-pyrrole nitrogens is 1. The Morgan fingerprint density at radius 1 is 1.09 bits per heavy atom. The van der Waals surface area contributed by atoms with Gasteiger partial charge < -0.3 is 10.4 Å². The molecule has 2 aromatic heterocycles. The van der Waals surface area contributed by atoms with E-state index in [1.54, 1.807) is 18.6 Å². The second kappa shape index (κ2) is 7.67. The fourth-order valence-corrected chi connectivity index (χ4v) is 2.54. The van der Waals surface area contributed by atoms with E-state index in [-0.39, 0.29) is 0 Å². The highest BCUT2D eigenvalue weighted by atomic mass is 16.3. The standard InChI is InChI=1S/C18H20N4O/c23-17(9-14-5-2-1-3-6-14)13-20-11-16-12-21-22-18(16)15-7-4-8-19-10-15/h1-8,10,12,17,20,23H,9,11,13H2,(H,21,22). The summed E-state index contributed by atoms with van der Waals surface area (Å²) in [6.07, 6.45) is 5.60. The Kier molecular flexibility index (Phi) is 5.13. The molecule has 0 saturated heterocycles. The maximum absolute atomic E-state index is 10.1. The number of hydrogen-bond acceptors (Lipinski definition) is 4. The lowest BCUT2D eigenvalue weighted by Gasteiger charge is -2.12. The first kappa shape index (κ1) is 15.4. The highest BCUT2D eigenvalue weighted by molar-refractivity contribution is 5.61. The lowest BCUT2D eigenvalue weighted by molar-refractivity contribution is 0.171. The Bertz CT molecular complexity index is 712. The van der Waals surface area contributed by atoms with Crippen molar-refractivity contribution in [3.63, 3.8) is 0 Å². The molecule has 0 spiro atoms. The molecule has 0 aliphatic heterocycles. The summed E-state index contributed by atoms with van der Waals surface area (Å²) in [4.78, 5) is 4.13. The van der Waals surface area contributed by atoms with Gasteiger partial charge in [-0.15, -0.1) is 0 Å². The normalized spacial score (nSPS) is 12.2. The maximum atomic E-state index is 10.1. The summed E-state index contributed by atoms with van der Waals surface area (Å²) in [5.74, 6) is 0. The Morgan fingerprint density at radius 2 is 1.96 bits per heavy atom. The van der Waals surface area contributed by atoms with Crippen molar-refractivity contribution in [3.05, 3.63) is 72.2 Å². The molecule has 0 aliphatic rings. The molecule has 1 aromatic carbocycles. The molecule has 0 radical (unpaired) electrons. The Balaban J connectivity index is 1.53. The van der Waals surface area contributed by atoms with Gasteiger partial charge in [0.05, 0.1) is 18.0 Å². The molecule has 1 atom stereocenters. The van der Waals surface area contributed by atoms with Gasteiger partial charge in [0.1, 0.15) is 0 Å². The SMILES string of the molecule is OC(CNCc1cn[nH]c1-c1cccnc1)Cc1ccccc1. The Morgan fingerprint density at radius 3 is 2.74 bits per heavy atom. The van der Waals surface area contributed by atoms with Gasteiger partial charge in [-0.1, -0.05) is 30.3 Å². The summed E-state index contributed by atoms with van der Waals surface area (Å²) in [6, 6.07) is 13.9. The first-order chi connectivity index (χ1) is 11.3. The molecule has 118 valence electrons. The van der Waals surface area contributed by atoms with E-state index in [0.717, 1.165) is 22.4 Å². The highest BCUT2D eigenvalue weighted by Gasteiger charge is 2.09. The number of nitrogens with zero attached hydrogens (tertiary/aromatic N) is 2. The molecule has 0 aliphatic carbocycles. The third kappa shape index (κ3) is 4.25. The lowest BCUT2D eigenvalue weighted by atomic mass is 10.1. The largest absolute Gasteiger partial charge is 0.391 e. The molecule has 0 saturated carbocycles. The Hall–Kier alpha value is -2.50. The van der Waals surface area contributed by atoms with Gasteiger partial charge in [0, 0.05) is 36.6 Å². The predicted molar refractivity (Wildman–Crippen MR) is 89.7 cm³/mol. The van der Waals surface area contributed by atoms with Crippen molar-refractivity contribution in [1.82, 2.24) is 20.5 Å². The zero-order chi connectivity index (χ0) is 15.9. The predicted octanol–water partition coefficient (Wildman–Crippen LogP) is 2.16. The monoisotopic (exact) mass is 308 g/mol. The average molecular weight is 308 g/mol. The molecule has 0 bridgehead atoms. The van der Waals surface area contributed by atoms with Crippen molar-refractivity contribution >= 4 is 0 Å². The van der Waals surface area contributed by atoms with Crippen LogP contribution >= 0.6 is 0 Å². The molecule has 5 nitrogen and oxygen atoms in total. The number of aromatic amines is 1. The van der Waals surface area contributed by atoms with E-state index >= 15 is 0 Å². The van der Waals surface area contributed by atoms with Crippen molar-refractivity contribution in [2.24, 2.45) is 0 Å². The number of benzene rings is 1. The van der Waals surface area contributed by atoms with Crippen LogP contribution in [0.3, 0.4) is 0 Å². The number of aliphatic hydroxyl groups excluding tert-OH is 1. The summed E-state index contributed by atoms with van der Waals surface area (Å²) in [5, 5.41) is 20.5. The number of nitrogens with one attached hydrogen (secondary N) is 2.